The van der Waals surface area contributed by atoms with Gasteiger partial charge < -0.3 is 5.32 Å². The number of benzene rings is 2. The Labute approximate surface area is 166 Å². The second-order valence-electron chi connectivity index (χ2n) is 5.99. The summed E-state index contributed by atoms with van der Waals surface area (Å²) in [7, 11) is 0. The van der Waals surface area contributed by atoms with Gasteiger partial charge in [0.25, 0.3) is 5.91 Å². The van der Waals surface area contributed by atoms with Crippen LogP contribution in [-0.4, -0.2) is 16.8 Å². The van der Waals surface area contributed by atoms with Gasteiger partial charge in [0.15, 0.2) is 5.13 Å². The van der Waals surface area contributed by atoms with Gasteiger partial charge in [0, 0.05) is 16.0 Å². The van der Waals surface area contributed by atoms with Crippen molar-refractivity contribution in [1.29, 1.82) is 0 Å². The van der Waals surface area contributed by atoms with Crippen LogP contribution in [-0.2, 0) is 11.2 Å². The Morgan fingerprint density at radius 3 is 2.67 bits per heavy atom. The van der Waals surface area contributed by atoms with Crippen LogP contribution in [0.3, 0.4) is 0 Å². The largest absolute Gasteiger partial charge is 0.349 e. The van der Waals surface area contributed by atoms with Crippen LogP contribution >= 0.6 is 22.9 Å². The van der Waals surface area contributed by atoms with Crippen LogP contribution in [0.15, 0.2) is 60.0 Å². The van der Waals surface area contributed by atoms with E-state index in [1.807, 2.05) is 31.2 Å². The number of halogens is 1. The van der Waals surface area contributed by atoms with Crippen LogP contribution in [0.4, 0.5) is 5.13 Å². The van der Waals surface area contributed by atoms with E-state index in [9.17, 15) is 9.59 Å². The first kappa shape index (κ1) is 19.1. The van der Waals surface area contributed by atoms with Crippen LogP contribution in [0.25, 0.3) is 0 Å². The molecule has 0 aliphatic rings. The number of hydrogen-bond donors (Lipinski definition) is 2. The summed E-state index contributed by atoms with van der Waals surface area (Å²) in [6.07, 6.45) is 0.141. The maximum atomic E-state index is 12.3. The maximum absolute atomic E-state index is 12.3. The Morgan fingerprint density at radius 1 is 1.15 bits per heavy atom. The quantitative estimate of drug-likeness (QED) is 0.642. The smallest absolute Gasteiger partial charge is 0.257 e. The third kappa shape index (κ3) is 5.39. The maximum Gasteiger partial charge on any atom is 0.257 e. The molecule has 3 rings (SSSR count). The third-order valence-corrected chi connectivity index (χ3v) is 4.92. The molecular weight excluding hydrogens is 382 g/mol. The molecule has 0 saturated carbocycles. The predicted octanol–water partition coefficient (Wildman–Crippen LogP) is 4.47. The number of amides is 2. The average Bonchev–Trinajstić information content (AvgIpc) is 3.09. The second kappa shape index (κ2) is 8.79. The first-order valence-corrected chi connectivity index (χ1v) is 9.62. The van der Waals surface area contributed by atoms with Gasteiger partial charge >= 0.3 is 0 Å². The summed E-state index contributed by atoms with van der Waals surface area (Å²) >= 11 is 7.28. The molecule has 2 aromatic carbocycles. The number of thiazole rings is 1. The van der Waals surface area contributed by atoms with E-state index in [4.69, 9.17) is 11.6 Å². The van der Waals surface area contributed by atoms with Crippen molar-refractivity contribution in [2.75, 3.05) is 5.32 Å². The van der Waals surface area contributed by atoms with Crippen molar-refractivity contribution in [3.63, 3.8) is 0 Å². The zero-order valence-electron chi connectivity index (χ0n) is 14.6. The molecule has 1 aromatic heterocycles. The first-order chi connectivity index (χ1) is 13.0. The molecule has 2 amide bonds. The number of carbonyl (C=O) groups is 2. The van der Waals surface area contributed by atoms with Gasteiger partial charge in [-0.3, -0.25) is 14.9 Å². The van der Waals surface area contributed by atoms with Crippen LogP contribution < -0.4 is 10.6 Å². The standard InChI is InChI=1S/C20H18ClN3O2S/c1-13(15-8-5-9-16(21)10-15)22-18(25)11-17-12-27-20(23-17)24-19(26)14-6-3-2-4-7-14/h2-10,12-13H,11H2,1H3,(H,22,25)(H,23,24,26). The normalized spacial score (nSPS) is 11.6. The zero-order chi connectivity index (χ0) is 19.2. The van der Waals surface area contributed by atoms with Crippen molar-refractivity contribution in [3.8, 4) is 0 Å². The molecule has 138 valence electrons. The zero-order valence-corrected chi connectivity index (χ0v) is 16.2. The van der Waals surface area contributed by atoms with E-state index < -0.39 is 0 Å². The van der Waals surface area contributed by atoms with Gasteiger partial charge in [0.1, 0.15) is 0 Å². The van der Waals surface area contributed by atoms with Crippen molar-refractivity contribution in [2.45, 2.75) is 19.4 Å². The fourth-order valence-electron chi connectivity index (χ4n) is 2.52. The molecule has 0 aliphatic carbocycles. The number of anilines is 1. The summed E-state index contributed by atoms with van der Waals surface area (Å²) in [6.45, 7) is 1.90. The molecule has 1 unspecified atom stereocenters. The van der Waals surface area contributed by atoms with Crippen LogP contribution in [0.1, 0.15) is 34.6 Å². The monoisotopic (exact) mass is 399 g/mol. The van der Waals surface area contributed by atoms with E-state index in [0.29, 0.717) is 21.4 Å². The highest BCUT2D eigenvalue weighted by Crippen LogP contribution is 2.19. The SMILES string of the molecule is CC(NC(=O)Cc1csc(NC(=O)c2ccccc2)n1)c1cccc(Cl)c1. The fourth-order valence-corrected chi connectivity index (χ4v) is 3.42. The molecule has 1 atom stereocenters. The lowest BCUT2D eigenvalue weighted by Gasteiger charge is -2.14. The Morgan fingerprint density at radius 2 is 1.93 bits per heavy atom. The van der Waals surface area contributed by atoms with Crippen molar-refractivity contribution in [2.24, 2.45) is 0 Å². The molecule has 0 bridgehead atoms. The lowest BCUT2D eigenvalue weighted by atomic mass is 10.1. The molecule has 0 aliphatic heterocycles. The van der Waals surface area contributed by atoms with E-state index in [2.05, 4.69) is 15.6 Å². The van der Waals surface area contributed by atoms with E-state index in [-0.39, 0.29) is 24.3 Å². The Balaban J connectivity index is 1.55. The molecule has 0 fully saturated rings. The Kier molecular flexibility index (Phi) is 6.21. The number of nitrogens with zero attached hydrogens (tertiary/aromatic N) is 1. The average molecular weight is 400 g/mol. The molecule has 27 heavy (non-hydrogen) atoms. The molecule has 0 saturated heterocycles. The Bertz CT molecular complexity index is 943. The van der Waals surface area contributed by atoms with E-state index in [0.717, 1.165) is 5.56 Å². The minimum Gasteiger partial charge on any atom is -0.349 e. The molecule has 5 nitrogen and oxygen atoms in total. The van der Waals surface area contributed by atoms with E-state index in [1.54, 1.807) is 35.7 Å². The van der Waals surface area contributed by atoms with E-state index >= 15 is 0 Å². The third-order valence-electron chi connectivity index (χ3n) is 3.88. The van der Waals surface area contributed by atoms with Crippen molar-refractivity contribution in [1.82, 2.24) is 10.3 Å². The van der Waals surface area contributed by atoms with Gasteiger partial charge in [-0.15, -0.1) is 11.3 Å². The predicted molar refractivity (Wildman–Crippen MR) is 108 cm³/mol. The molecule has 1 heterocycles. The summed E-state index contributed by atoms with van der Waals surface area (Å²) in [5.41, 5.74) is 2.10. The van der Waals surface area contributed by atoms with Crippen molar-refractivity contribution in [3.05, 3.63) is 81.8 Å². The van der Waals surface area contributed by atoms with Gasteiger partial charge in [0.2, 0.25) is 5.91 Å². The van der Waals surface area contributed by atoms with Gasteiger partial charge in [-0.2, -0.15) is 0 Å². The molecule has 2 N–H and O–H groups in total. The number of rotatable bonds is 6. The second-order valence-corrected chi connectivity index (χ2v) is 7.28. The Hall–Kier alpha value is -2.70. The van der Waals surface area contributed by atoms with Gasteiger partial charge in [-0.1, -0.05) is 41.9 Å². The topological polar surface area (TPSA) is 71.1 Å². The minimum atomic E-state index is -0.226. The number of nitrogens with one attached hydrogen (secondary N) is 2. The number of carbonyl (C=O) groups excluding carboxylic acids is 2. The lowest BCUT2D eigenvalue weighted by Crippen LogP contribution is -2.28. The van der Waals surface area contributed by atoms with Gasteiger partial charge in [-0.25, -0.2) is 4.98 Å². The lowest BCUT2D eigenvalue weighted by molar-refractivity contribution is -0.121. The molecule has 0 spiro atoms. The van der Waals surface area contributed by atoms with Crippen LogP contribution in [0.5, 0.6) is 0 Å². The van der Waals surface area contributed by atoms with Gasteiger partial charge in [-0.05, 0) is 36.8 Å². The highest BCUT2D eigenvalue weighted by Gasteiger charge is 2.13. The minimum absolute atomic E-state index is 0.141. The highest BCUT2D eigenvalue weighted by molar-refractivity contribution is 7.14. The summed E-state index contributed by atoms with van der Waals surface area (Å²) in [6, 6.07) is 16.1. The molecule has 3 aromatic rings. The number of aromatic nitrogens is 1. The molecule has 0 radical (unpaired) electrons. The summed E-state index contributed by atoms with van der Waals surface area (Å²) < 4.78 is 0. The summed E-state index contributed by atoms with van der Waals surface area (Å²) in [4.78, 5) is 28.7. The highest BCUT2D eigenvalue weighted by atomic mass is 35.5. The van der Waals surface area contributed by atoms with Crippen molar-refractivity contribution < 1.29 is 9.59 Å². The number of hydrogen-bond acceptors (Lipinski definition) is 4. The van der Waals surface area contributed by atoms with E-state index in [1.165, 1.54) is 11.3 Å². The van der Waals surface area contributed by atoms with Crippen LogP contribution in [0.2, 0.25) is 5.02 Å². The fraction of sp³-hybridized carbons (Fsp3) is 0.150. The molecular formula is C20H18ClN3O2S. The first-order valence-electron chi connectivity index (χ1n) is 8.37. The van der Waals surface area contributed by atoms with Gasteiger partial charge in [0.05, 0.1) is 18.2 Å². The summed E-state index contributed by atoms with van der Waals surface area (Å²) in [5.74, 6) is -0.371. The van der Waals surface area contributed by atoms with Crippen molar-refractivity contribution >= 4 is 39.9 Å². The molecule has 7 heteroatoms. The summed E-state index contributed by atoms with van der Waals surface area (Å²) in [5, 5.41) is 8.54. The van der Waals surface area contributed by atoms with Crippen LogP contribution in [0, 0.1) is 0 Å².